The van der Waals surface area contributed by atoms with Gasteiger partial charge in [0.05, 0.1) is 0 Å². The predicted octanol–water partition coefficient (Wildman–Crippen LogP) is 1.56. The second-order valence-corrected chi connectivity index (χ2v) is 2.80. The molecule has 0 aromatic heterocycles. The second-order valence-electron chi connectivity index (χ2n) is 2.40. The Morgan fingerprint density at radius 1 is 1.40 bits per heavy atom. The van der Waals surface area contributed by atoms with Gasteiger partial charge in [-0.2, -0.15) is 0 Å². The van der Waals surface area contributed by atoms with E-state index in [0.29, 0.717) is 0 Å². The van der Waals surface area contributed by atoms with Crippen molar-refractivity contribution < 1.29 is 13.9 Å². The van der Waals surface area contributed by atoms with Crippen LogP contribution in [0.2, 0.25) is 0 Å². The molecule has 58 valence electrons. The molecule has 0 saturated carbocycles. The first-order valence-electron chi connectivity index (χ1n) is 3.16. The van der Waals surface area contributed by atoms with Crippen LogP contribution in [0.25, 0.3) is 0 Å². The van der Waals surface area contributed by atoms with Crippen molar-refractivity contribution >= 4 is 14.5 Å². The molecule has 0 rings (SSSR count). The summed E-state index contributed by atoms with van der Waals surface area (Å²) in [6.07, 6.45) is -0.532. The molecule has 10 heavy (non-hydrogen) atoms. The number of carbonyl (C=O) groups excluding carboxylic acids is 1. The first-order chi connectivity index (χ1) is 4.59. The van der Waals surface area contributed by atoms with Crippen LogP contribution in [0.3, 0.4) is 0 Å². The number of hydrogen-bond acceptors (Lipinski definition) is 3. The minimum Gasteiger partial charge on any atom is -0.296 e. The van der Waals surface area contributed by atoms with Crippen LogP contribution in [-0.4, -0.2) is 11.9 Å². The summed E-state index contributed by atoms with van der Waals surface area (Å²) in [7, 11) is -0.847. The van der Waals surface area contributed by atoms with Crippen molar-refractivity contribution in [3.63, 3.8) is 0 Å². The molecule has 0 radical (unpaired) electrons. The molecule has 0 heterocycles. The van der Waals surface area contributed by atoms with Crippen molar-refractivity contribution in [2.45, 2.75) is 26.9 Å². The van der Waals surface area contributed by atoms with Gasteiger partial charge in [-0.25, -0.2) is 0 Å². The highest BCUT2D eigenvalue weighted by atomic mass is 31.1. The zero-order valence-electron chi connectivity index (χ0n) is 6.38. The van der Waals surface area contributed by atoms with Gasteiger partial charge in [-0.1, -0.05) is 13.8 Å². The number of carbonyl (C=O) groups is 1. The van der Waals surface area contributed by atoms with Gasteiger partial charge < -0.3 is 0 Å². The third kappa shape index (κ3) is 3.04. The summed E-state index contributed by atoms with van der Waals surface area (Å²) in [6.45, 7) is 5.18. The number of ketones is 1. The van der Waals surface area contributed by atoms with Crippen LogP contribution in [0.4, 0.5) is 0 Å². The summed E-state index contributed by atoms with van der Waals surface area (Å²) in [6, 6.07) is 0. The van der Waals surface area contributed by atoms with Crippen molar-refractivity contribution in [1.82, 2.24) is 0 Å². The molecule has 3 nitrogen and oxygen atoms in total. The summed E-state index contributed by atoms with van der Waals surface area (Å²) >= 11 is 0. The zero-order chi connectivity index (χ0) is 8.15. The lowest BCUT2D eigenvalue weighted by atomic mass is 10.1. The fourth-order valence-electron chi connectivity index (χ4n) is 0.600. The van der Waals surface area contributed by atoms with Crippen LogP contribution in [0.1, 0.15) is 20.8 Å². The van der Waals surface area contributed by atoms with E-state index >= 15 is 0 Å². The normalized spacial score (nSPS) is 14.0. The maximum absolute atomic E-state index is 11.0. The minimum absolute atomic E-state index is 0.0108. The lowest BCUT2D eigenvalue weighted by molar-refractivity contribution is -0.127. The molecule has 0 aliphatic carbocycles. The van der Waals surface area contributed by atoms with Crippen molar-refractivity contribution in [3.05, 3.63) is 0 Å². The maximum Gasteiger partial charge on any atom is 0.494 e. The molecule has 0 aliphatic rings. The highest BCUT2D eigenvalue weighted by Gasteiger charge is 2.19. The standard InChI is InChI=1S/C6H12O3P/c1-4(2)6(7)5(3)9-10-8/h4-5,10H,1-3H3/q+1. The summed E-state index contributed by atoms with van der Waals surface area (Å²) in [5.74, 6) is -0.0605. The minimum atomic E-state index is -0.847. The van der Waals surface area contributed by atoms with Crippen LogP contribution in [-0.2, 0) is 13.9 Å². The molecule has 0 aliphatic heterocycles. The molecule has 0 amide bonds. The molecule has 0 saturated heterocycles. The molecular formula is C6H12O3P+. The van der Waals surface area contributed by atoms with Gasteiger partial charge in [-0.05, 0) is 11.5 Å². The average Bonchev–Trinajstić information content (AvgIpc) is 1.87. The van der Waals surface area contributed by atoms with E-state index in [1.165, 1.54) is 0 Å². The molecule has 0 fully saturated rings. The lowest BCUT2D eigenvalue weighted by Gasteiger charge is -2.04. The first-order valence-corrected chi connectivity index (χ1v) is 3.97. The van der Waals surface area contributed by atoms with Crippen LogP contribution >= 0.6 is 8.69 Å². The van der Waals surface area contributed by atoms with Gasteiger partial charge in [0.15, 0.2) is 11.9 Å². The third-order valence-electron chi connectivity index (χ3n) is 1.19. The molecular weight excluding hydrogens is 151 g/mol. The summed E-state index contributed by atoms with van der Waals surface area (Å²) in [4.78, 5) is 11.0. The Bertz CT molecular complexity index is 133. The quantitative estimate of drug-likeness (QED) is 0.590. The SMILES string of the molecule is CC(C)C(=O)C(C)O[PH+]=O. The first kappa shape index (κ1) is 9.73. The Hall–Kier alpha value is -0.270. The lowest BCUT2D eigenvalue weighted by Crippen LogP contribution is -2.22. The van der Waals surface area contributed by atoms with Gasteiger partial charge >= 0.3 is 8.69 Å². The topological polar surface area (TPSA) is 43.4 Å². The Kier molecular flexibility index (Phi) is 4.41. The number of hydrogen-bond donors (Lipinski definition) is 0. The van der Waals surface area contributed by atoms with Gasteiger partial charge in [0.2, 0.25) is 0 Å². The van der Waals surface area contributed by atoms with E-state index in [-0.39, 0.29) is 11.7 Å². The maximum atomic E-state index is 11.0. The summed E-state index contributed by atoms with van der Waals surface area (Å²) < 4.78 is 14.5. The fraction of sp³-hybridized carbons (Fsp3) is 0.833. The third-order valence-corrected chi connectivity index (χ3v) is 1.64. The monoisotopic (exact) mass is 163 g/mol. The molecule has 0 bridgehead atoms. The molecule has 4 heteroatoms. The zero-order valence-corrected chi connectivity index (χ0v) is 7.38. The van der Waals surface area contributed by atoms with E-state index in [2.05, 4.69) is 4.52 Å². The van der Waals surface area contributed by atoms with E-state index in [4.69, 9.17) is 0 Å². The molecule has 0 N–H and O–H groups in total. The Labute approximate surface area is 62.0 Å². The van der Waals surface area contributed by atoms with Gasteiger partial charge in [0.25, 0.3) is 0 Å². The van der Waals surface area contributed by atoms with Crippen molar-refractivity contribution in [2.75, 3.05) is 0 Å². The Morgan fingerprint density at radius 2 is 1.90 bits per heavy atom. The van der Waals surface area contributed by atoms with E-state index in [1.807, 2.05) is 0 Å². The van der Waals surface area contributed by atoms with Gasteiger partial charge in [0, 0.05) is 5.92 Å². The van der Waals surface area contributed by atoms with Crippen LogP contribution < -0.4 is 0 Å². The second kappa shape index (κ2) is 4.53. The van der Waals surface area contributed by atoms with Gasteiger partial charge in [-0.3, -0.25) is 4.79 Å². The Balaban J connectivity index is 3.81. The predicted molar refractivity (Wildman–Crippen MR) is 39.4 cm³/mol. The van der Waals surface area contributed by atoms with E-state index in [9.17, 15) is 9.36 Å². The van der Waals surface area contributed by atoms with Crippen LogP contribution in [0.5, 0.6) is 0 Å². The van der Waals surface area contributed by atoms with Crippen LogP contribution in [0.15, 0.2) is 0 Å². The number of Topliss-reactive ketones (excluding diaryl/α,β-unsaturated/α-hetero) is 1. The molecule has 2 atom stereocenters. The average molecular weight is 163 g/mol. The van der Waals surface area contributed by atoms with Crippen molar-refractivity contribution in [1.29, 1.82) is 0 Å². The van der Waals surface area contributed by atoms with E-state index in [0.717, 1.165) is 0 Å². The smallest absolute Gasteiger partial charge is 0.296 e. The van der Waals surface area contributed by atoms with E-state index < -0.39 is 14.8 Å². The molecule has 0 spiro atoms. The summed E-state index contributed by atoms with van der Waals surface area (Å²) in [5, 5.41) is 0. The van der Waals surface area contributed by atoms with Crippen molar-refractivity contribution in [2.24, 2.45) is 5.92 Å². The number of rotatable bonds is 4. The molecule has 2 unspecified atom stereocenters. The molecule has 0 aromatic carbocycles. The summed E-state index contributed by atoms with van der Waals surface area (Å²) in [5.41, 5.74) is 0. The van der Waals surface area contributed by atoms with Gasteiger partial charge in [0.1, 0.15) is 0 Å². The highest BCUT2D eigenvalue weighted by Crippen LogP contribution is 2.08. The largest absolute Gasteiger partial charge is 0.494 e. The Morgan fingerprint density at radius 3 is 2.20 bits per heavy atom. The highest BCUT2D eigenvalue weighted by molar-refractivity contribution is 7.17. The van der Waals surface area contributed by atoms with Crippen LogP contribution in [0, 0.1) is 5.92 Å². The fourth-order valence-corrected chi connectivity index (χ4v) is 0.860. The van der Waals surface area contributed by atoms with Gasteiger partial charge in [-0.15, -0.1) is 4.52 Å². The van der Waals surface area contributed by atoms with E-state index in [1.54, 1.807) is 20.8 Å². The molecule has 0 aromatic rings. The van der Waals surface area contributed by atoms with Crippen molar-refractivity contribution in [3.8, 4) is 0 Å².